The molecule has 0 aliphatic carbocycles. The normalized spacial score (nSPS) is 16.4. The van der Waals surface area contributed by atoms with Gasteiger partial charge in [0.2, 0.25) is 5.91 Å². The lowest BCUT2D eigenvalue weighted by atomic mass is 10.1. The van der Waals surface area contributed by atoms with Gasteiger partial charge in [0.15, 0.2) is 0 Å². The van der Waals surface area contributed by atoms with Crippen molar-refractivity contribution in [3.8, 4) is 5.75 Å². The van der Waals surface area contributed by atoms with Crippen molar-refractivity contribution in [3.05, 3.63) is 94.8 Å². The van der Waals surface area contributed by atoms with E-state index < -0.39 is 0 Å². The monoisotopic (exact) mass is 413 g/mol. The molecule has 3 aromatic rings. The molecule has 6 heteroatoms. The summed E-state index contributed by atoms with van der Waals surface area (Å²) in [5, 5.41) is 0.533. The van der Waals surface area contributed by atoms with E-state index in [0.717, 1.165) is 11.3 Å². The number of ether oxygens (including phenoxy) is 1. The molecule has 0 N–H and O–H groups in total. The zero-order valence-corrected chi connectivity index (χ0v) is 16.4. The average molecular weight is 414 g/mol. The quantitative estimate of drug-likeness (QED) is 0.526. The molecule has 1 saturated heterocycles. The van der Waals surface area contributed by atoms with Gasteiger partial charge in [0.1, 0.15) is 23.5 Å². The van der Waals surface area contributed by atoms with E-state index >= 15 is 0 Å². The first kappa shape index (κ1) is 18.8. The molecule has 4 rings (SSSR count). The van der Waals surface area contributed by atoms with Crippen molar-refractivity contribution in [2.24, 2.45) is 0 Å². The summed E-state index contributed by atoms with van der Waals surface area (Å²) >= 11 is 7.54. The SMILES string of the molecule is O=C1CS[C@@H](c2ccc(OCc3ccccc3F)cc2)N1c1ccc(Cl)cc1. The number of rotatable bonds is 5. The Morgan fingerprint density at radius 2 is 1.75 bits per heavy atom. The highest BCUT2D eigenvalue weighted by molar-refractivity contribution is 8.00. The summed E-state index contributed by atoms with van der Waals surface area (Å²) in [7, 11) is 0. The first-order valence-electron chi connectivity index (χ1n) is 8.77. The van der Waals surface area contributed by atoms with Crippen LogP contribution < -0.4 is 9.64 Å². The Bertz CT molecular complexity index is 979. The van der Waals surface area contributed by atoms with Gasteiger partial charge in [-0.3, -0.25) is 9.69 Å². The summed E-state index contributed by atoms with van der Waals surface area (Å²) in [6.45, 7) is 0.166. The van der Waals surface area contributed by atoms with Gasteiger partial charge in [0, 0.05) is 16.3 Å². The van der Waals surface area contributed by atoms with Crippen LogP contribution >= 0.6 is 23.4 Å². The van der Waals surface area contributed by atoms with Crippen LogP contribution in [-0.2, 0) is 11.4 Å². The lowest BCUT2D eigenvalue weighted by Gasteiger charge is -2.24. The summed E-state index contributed by atoms with van der Waals surface area (Å²) in [6.07, 6.45) is 0. The number of halogens is 2. The minimum Gasteiger partial charge on any atom is -0.489 e. The van der Waals surface area contributed by atoms with Gasteiger partial charge in [-0.05, 0) is 48.0 Å². The van der Waals surface area contributed by atoms with Crippen LogP contribution in [0.2, 0.25) is 5.02 Å². The second kappa shape index (κ2) is 8.25. The second-order valence-electron chi connectivity index (χ2n) is 6.35. The number of carbonyl (C=O) groups excluding carboxylic acids is 1. The average Bonchev–Trinajstić information content (AvgIpc) is 3.10. The lowest BCUT2D eigenvalue weighted by molar-refractivity contribution is -0.115. The fraction of sp³-hybridized carbons (Fsp3) is 0.136. The molecule has 3 aromatic carbocycles. The molecule has 1 aliphatic heterocycles. The largest absolute Gasteiger partial charge is 0.489 e. The van der Waals surface area contributed by atoms with Crippen LogP contribution in [0, 0.1) is 5.82 Å². The molecule has 0 aromatic heterocycles. The van der Waals surface area contributed by atoms with Crippen molar-refractivity contribution in [1.29, 1.82) is 0 Å². The minimum atomic E-state index is -0.279. The van der Waals surface area contributed by atoms with E-state index in [2.05, 4.69) is 0 Å². The van der Waals surface area contributed by atoms with E-state index in [1.54, 1.807) is 47.0 Å². The standard InChI is InChI=1S/C22H17ClFNO2S/c23-17-7-9-18(10-8-17)25-21(26)14-28-22(25)15-5-11-19(12-6-15)27-13-16-3-1-2-4-20(16)24/h1-12,22H,13-14H2/t22-/m0/s1. The smallest absolute Gasteiger partial charge is 0.238 e. The van der Waals surface area contributed by atoms with Crippen LogP contribution in [0.5, 0.6) is 5.75 Å². The predicted octanol–water partition coefficient (Wildman–Crippen LogP) is 5.84. The number of thioether (sulfide) groups is 1. The molecule has 28 heavy (non-hydrogen) atoms. The summed E-state index contributed by atoms with van der Waals surface area (Å²) in [5.41, 5.74) is 2.34. The third-order valence-electron chi connectivity index (χ3n) is 4.49. The van der Waals surface area contributed by atoms with Gasteiger partial charge in [-0.1, -0.05) is 41.9 Å². The van der Waals surface area contributed by atoms with E-state index in [1.165, 1.54) is 6.07 Å². The van der Waals surface area contributed by atoms with Gasteiger partial charge in [0.25, 0.3) is 0 Å². The third kappa shape index (κ3) is 4.01. The maximum atomic E-state index is 13.7. The molecule has 0 spiro atoms. The topological polar surface area (TPSA) is 29.5 Å². The number of hydrogen-bond acceptors (Lipinski definition) is 3. The van der Waals surface area contributed by atoms with Crippen LogP contribution in [0.4, 0.5) is 10.1 Å². The molecule has 1 aliphatic rings. The Morgan fingerprint density at radius 1 is 1.04 bits per heavy atom. The maximum Gasteiger partial charge on any atom is 0.238 e. The highest BCUT2D eigenvalue weighted by Crippen LogP contribution is 2.42. The molecule has 1 heterocycles. The Hall–Kier alpha value is -2.50. The number of nitrogens with zero attached hydrogens (tertiary/aromatic N) is 1. The van der Waals surface area contributed by atoms with Gasteiger partial charge in [-0.25, -0.2) is 4.39 Å². The number of hydrogen-bond donors (Lipinski definition) is 0. The van der Waals surface area contributed by atoms with Crippen LogP contribution in [0.3, 0.4) is 0 Å². The Morgan fingerprint density at radius 3 is 2.46 bits per heavy atom. The zero-order chi connectivity index (χ0) is 19.5. The van der Waals surface area contributed by atoms with Crippen LogP contribution in [-0.4, -0.2) is 11.7 Å². The minimum absolute atomic E-state index is 0.0669. The summed E-state index contributed by atoms with van der Waals surface area (Å²) in [6, 6.07) is 21.4. The summed E-state index contributed by atoms with van der Waals surface area (Å²) in [4.78, 5) is 14.2. The van der Waals surface area contributed by atoms with Gasteiger partial charge in [-0.15, -0.1) is 11.8 Å². The molecular weight excluding hydrogens is 397 g/mol. The van der Waals surface area contributed by atoms with E-state index in [4.69, 9.17) is 16.3 Å². The summed E-state index contributed by atoms with van der Waals surface area (Å²) in [5.74, 6) is 0.869. The number of anilines is 1. The van der Waals surface area contributed by atoms with E-state index in [-0.39, 0.29) is 23.7 Å². The van der Waals surface area contributed by atoms with Crippen molar-refractivity contribution in [3.63, 3.8) is 0 Å². The molecule has 0 saturated carbocycles. The fourth-order valence-electron chi connectivity index (χ4n) is 3.06. The van der Waals surface area contributed by atoms with Gasteiger partial charge >= 0.3 is 0 Å². The molecule has 0 unspecified atom stereocenters. The molecule has 0 radical (unpaired) electrons. The Balaban J connectivity index is 1.49. The molecule has 3 nitrogen and oxygen atoms in total. The second-order valence-corrected chi connectivity index (χ2v) is 7.86. The van der Waals surface area contributed by atoms with Crippen molar-refractivity contribution < 1.29 is 13.9 Å². The molecule has 1 fully saturated rings. The Kier molecular flexibility index (Phi) is 5.55. The van der Waals surface area contributed by atoms with Crippen molar-refractivity contribution in [1.82, 2.24) is 0 Å². The third-order valence-corrected chi connectivity index (χ3v) is 5.95. The van der Waals surface area contributed by atoms with Gasteiger partial charge in [0.05, 0.1) is 5.75 Å². The highest BCUT2D eigenvalue weighted by atomic mass is 35.5. The van der Waals surface area contributed by atoms with E-state index in [9.17, 15) is 9.18 Å². The number of carbonyl (C=O) groups is 1. The molecular formula is C22H17ClFNO2S. The maximum absolute atomic E-state index is 13.7. The fourth-order valence-corrected chi connectivity index (χ4v) is 4.36. The Labute approximate surface area is 172 Å². The van der Waals surface area contributed by atoms with Gasteiger partial charge in [-0.2, -0.15) is 0 Å². The molecule has 0 bridgehead atoms. The van der Waals surface area contributed by atoms with E-state index in [1.807, 2.05) is 36.4 Å². The number of benzene rings is 3. The van der Waals surface area contributed by atoms with Crippen LogP contribution in [0.15, 0.2) is 72.8 Å². The van der Waals surface area contributed by atoms with Crippen molar-refractivity contribution >= 4 is 35.0 Å². The van der Waals surface area contributed by atoms with E-state index in [0.29, 0.717) is 22.1 Å². The highest BCUT2D eigenvalue weighted by Gasteiger charge is 2.33. The lowest BCUT2D eigenvalue weighted by Crippen LogP contribution is -2.27. The van der Waals surface area contributed by atoms with Gasteiger partial charge < -0.3 is 4.74 Å². The molecule has 1 atom stereocenters. The molecule has 1 amide bonds. The summed E-state index contributed by atoms with van der Waals surface area (Å²) < 4.78 is 19.4. The van der Waals surface area contributed by atoms with Crippen LogP contribution in [0.25, 0.3) is 0 Å². The molecule has 142 valence electrons. The predicted molar refractivity (Wildman–Crippen MR) is 111 cm³/mol. The first-order chi connectivity index (χ1) is 13.6. The zero-order valence-electron chi connectivity index (χ0n) is 14.8. The van der Waals surface area contributed by atoms with Crippen LogP contribution in [0.1, 0.15) is 16.5 Å². The van der Waals surface area contributed by atoms with Crippen molar-refractivity contribution in [2.45, 2.75) is 12.0 Å². The number of amides is 1. The first-order valence-corrected chi connectivity index (χ1v) is 10.2. The van der Waals surface area contributed by atoms with Crippen molar-refractivity contribution in [2.75, 3.05) is 10.7 Å².